The van der Waals surface area contributed by atoms with Gasteiger partial charge in [0.1, 0.15) is 0 Å². The van der Waals surface area contributed by atoms with Crippen molar-refractivity contribution in [1.82, 2.24) is 9.78 Å². The van der Waals surface area contributed by atoms with E-state index in [0.29, 0.717) is 12.0 Å². The molecular formula is C27H44N2. The number of rotatable bonds is 11. The summed E-state index contributed by atoms with van der Waals surface area (Å²) in [5.41, 5.74) is 6.98. The second-order valence-corrected chi connectivity index (χ2v) is 9.87. The average molecular weight is 397 g/mol. The number of hydrogen-bond donors (Lipinski definition) is 0. The molecule has 1 aromatic heterocycles. The van der Waals surface area contributed by atoms with Crippen LogP contribution in [0.25, 0.3) is 0 Å². The molecule has 0 saturated carbocycles. The minimum Gasteiger partial charge on any atom is -0.267 e. The Kier molecular flexibility index (Phi) is 8.99. The summed E-state index contributed by atoms with van der Waals surface area (Å²) < 4.78 is 2.24. The predicted molar refractivity (Wildman–Crippen MR) is 127 cm³/mol. The smallest absolute Gasteiger partial charge is 0.0665 e. The maximum Gasteiger partial charge on any atom is 0.0665 e. The topological polar surface area (TPSA) is 17.8 Å². The van der Waals surface area contributed by atoms with E-state index in [1.54, 1.807) is 0 Å². The van der Waals surface area contributed by atoms with Crippen LogP contribution in [0.1, 0.15) is 102 Å². The molecule has 2 heteroatoms. The van der Waals surface area contributed by atoms with Crippen LogP contribution in [-0.4, -0.2) is 9.78 Å². The summed E-state index contributed by atoms with van der Waals surface area (Å²) in [6, 6.07) is 9.68. The summed E-state index contributed by atoms with van der Waals surface area (Å²) in [4.78, 5) is 0. The van der Waals surface area contributed by atoms with Gasteiger partial charge >= 0.3 is 0 Å². The molecule has 2 rings (SSSR count). The molecule has 0 aliphatic carbocycles. The van der Waals surface area contributed by atoms with Crippen molar-refractivity contribution in [3.05, 3.63) is 52.3 Å². The fraction of sp³-hybridized carbons (Fsp3) is 0.667. The Bertz CT molecular complexity index is 737. The molecule has 29 heavy (non-hydrogen) atoms. The first kappa shape index (κ1) is 23.7. The van der Waals surface area contributed by atoms with E-state index in [2.05, 4.69) is 84.3 Å². The van der Waals surface area contributed by atoms with Gasteiger partial charge in [-0.15, -0.1) is 0 Å². The molecule has 0 spiro atoms. The van der Waals surface area contributed by atoms with Crippen molar-refractivity contribution >= 4 is 0 Å². The van der Waals surface area contributed by atoms with Crippen LogP contribution in [0.5, 0.6) is 0 Å². The Morgan fingerprint density at radius 3 is 2.00 bits per heavy atom. The molecule has 1 heterocycles. The zero-order valence-corrected chi connectivity index (χ0v) is 20.3. The highest BCUT2D eigenvalue weighted by Gasteiger charge is 2.20. The predicted octanol–water partition coefficient (Wildman–Crippen LogP) is 7.57. The first-order valence-electron chi connectivity index (χ1n) is 11.9. The molecule has 1 aromatic carbocycles. The van der Waals surface area contributed by atoms with Crippen LogP contribution in [0.3, 0.4) is 0 Å². The zero-order chi connectivity index (χ0) is 21.6. The third-order valence-electron chi connectivity index (χ3n) is 6.39. The van der Waals surface area contributed by atoms with Gasteiger partial charge in [-0.3, -0.25) is 4.68 Å². The molecule has 0 fully saturated rings. The third-order valence-corrected chi connectivity index (χ3v) is 6.39. The molecular weight excluding hydrogens is 352 g/mol. The fourth-order valence-corrected chi connectivity index (χ4v) is 4.38. The van der Waals surface area contributed by atoms with Crippen molar-refractivity contribution in [1.29, 1.82) is 0 Å². The van der Waals surface area contributed by atoms with Crippen molar-refractivity contribution < 1.29 is 0 Å². The molecule has 162 valence electrons. The van der Waals surface area contributed by atoms with Gasteiger partial charge in [-0.25, -0.2) is 0 Å². The van der Waals surface area contributed by atoms with E-state index in [1.807, 2.05) is 0 Å². The lowest BCUT2D eigenvalue weighted by Crippen LogP contribution is -2.11. The molecule has 0 radical (unpaired) electrons. The lowest BCUT2D eigenvalue weighted by Gasteiger charge is -2.18. The number of nitrogens with zero attached hydrogens (tertiary/aromatic N) is 2. The van der Waals surface area contributed by atoms with Crippen molar-refractivity contribution in [3.8, 4) is 0 Å². The minimum atomic E-state index is 0.408. The quantitative estimate of drug-likeness (QED) is 0.383. The highest BCUT2D eigenvalue weighted by molar-refractivity contribution is 5.34. The standard InChI is InChI=1S/C27H44N2/c1-9-21(7)16-23(10-2)18-27-26(22(8)29(28-27)20(5)6)17-25-13-11-24(12-14-25)15-19(3)4/h11-14,19-21,23H,9-10,15-18H2,1-8H3. The SMILES string of the molecule is CCC(C)CC(CC)Cc1nn(C(C)C)c(C)c1Cc1ccc(CC(C)C)cc1. The number of hydrogen-bond acceptors (Lipinski definition) is 1. The van der Waals surface area contributed by atoms with E-state index < -0.39 is 0 Å². The molecule has 0 saturated heterocycles. The summed E-state index contributed by atoms with van der Waals surface area (Å²) in [6.45, 7) is 18.3. The van der Waals surface area contributed by atoms with E-state index in [0.717, 1.165) is 31.1 Å². The molecule has 0 aliphatic heterocycles. The van der Waals surface area contributed by atoms with E-state index >= 15 is 0 Å². The van der Waals surface area contributed by atoms with Crippen LogP contribution in [0, 0.1) is 24.7 Å². The summed E-state index contributed by atoms with van der Waals surface area (Å²) in [5, 5.41) is 5.10. The molecule has 2 nitrogen and oxygen atoms in total. The van der Waals surface area contributed by atoms with Crippen LogP contribution in [0.4, 0.5) is 0 Å². The van der Waals surface area contributed by atoms with Gasteiger partial charge in [0, 0.05) is 23.7 Å². The van der Waals surface area contributed by atoms with Crippen LogP contribution in [0.15, 0.2) is 24.3 Å². The molecule has 0 amide bonds. The lowest BCUT2D eigenvalue weighted by atomic mass is 9.87. The summed E-state index contributed by atoms with van der Waals surface area (Å²) in [7, 11) is 0. The van der Waals surface area contributed by atoms with Crippen LogP contribution >= 0.6 is 0 Å². The number of aromatic nitrogens is 2. The summed E-state index contributed by atoms with van der Waals surface area (Å²) in [5.74, 6) is 2.23. The summed E-state index contributed by atoms with van der Waals surface area (Å²) in [6.07, 6.45) is 7.08. The fourth-order valence-electron chi connectivity index (χ4n) is 4.38. The van der Waals surface area contributed by atoms with Gasteiger partial charge in [0.2, 0.25) is 0 Å². The van der Waals surface area contributed by atoms with Gasteiger partial charge < -0.3 is 0 Å². The van der Waals surface area contributed by atoms with E-state index in [1.165, 1.54) is 47.3 Å². The Labute approximate surface area is 180 Å². The molecule has 2 unspecified atom stereocenters. The third kappa shape index (κ3) is 6.73. The monoisotopic (exact) mass is 396 g/mol. The van der Waals surface area contributed by atoms with Crippen molar-refractivity contribution in [3.63, 3.8) is 0 Å². The Balaban J connectivity index is 2.27. The van der Waals surface area contributed by atoms with Crippen molar-refractivity contribution in [2.24, 2.45) is 17.8 Å². The van der Waals surface area contributed by atoms with E-state index in [9.17, 15) is 0 Å². The van der Waals surface area contributed by atoms with Gasteiger partial charge in [0.25, 0.3) is 0 Å². The van der Waals surface area contributed by atoms with Gasteiger partial charge in [0.15, 0.2) is 0 Å². The highest BCUT2D eigenvalue weighted by atomic mass is 15.3. The van der Waals surface area contributed by atoms with Crippen LogP contribution < -0.4 is 0 Å². The molecule has 2 aromatic rings. The Morgan fingerprint density at radius 1 is 0.862 bits per heavy atom. The lowest BCUT2D eigenvalue weighted by molar-refractivity contribution is 0.366. The van der Waals surface area contributed by atoms with Crippen molar-refractivity contribution in [2.45, 2.75) is 100.0 Å². The zero-order valence-electron chi connectivity index (χ0n) is 20.3. The maximum atomic E-state index is 5.10. The molecule has 0 bridgehead atoms. The highest BCUT2D eigenvalue weighted by Crippen LogP contribution is 2.27. The minimum absolute atomic E-state index is 0.408. The van der Waals surface area contributed by atoms with Gasteiger partial charge in [-0.05, 0) is 68.9 Å². The molecule has 0 aliphatic rings. The molecule has 2 atom stereocenters. The van der Waals surface area contributed by atoms with Gasteiger partial charge in [0.05, 0.1) is 5.69 Å². The maximum absolute atomic E-state index is 5.10. The largest absolute Gasteiger partial charge is 0.267 e. The summed E-state index contributed by atoms with van der Waals surface area (Å²) >= 11 is 0. The van der Waals surface area contributed by atoms with Crippen LogP contribution in [-0.2, 0) is 19.3 Å². The number of benzene rings is 1. The van der Waals surface area contributed by atoms with E-state index in [4.69, 9.17) is 5.10 Å². The second kappa shape index (κ2) is 11.0. The molecule has 0 N–H and O–H groups in total. The average Bonchev–Trinajstić information content (AvgIpc) is 2.98. The van der Waals surface area contributed by atoms with Crippen molar-refractivity contribution in [2.75, 3.05) is 0 Å². The normalized spacial score (nSPS) is 14.0. The van der Waals surface area contributed by atoms with Gasteiger partial charge in [-0.1, -0.05) is 71.7 Å². The van der Waals surface area contributed by atoms with E-state index in [-0.39, 0.29) is 0 Å². The Morgan fingerprint density at radius 2 is 1.48 bits per heavy atom. The Hall–Kier alpha value is -1.57. The first-order chi connectivity index (χ1) is 13.7. The second-order valence-electron chi connectivity index (χ2n) is 9.87. The van der Waals surface area contributed by atoms with Crippen LogP contribution in [0.2, 0.25) is 0 Å². The van der Waals surface area contributed by atoms with Gasteiger partial charge in [-0.2, -0.15) is 5.10 Å². The first-order valence-corrected chi connectivity index (χ1v) is 11.9.